The topological polar surface area (TPSA) is 73.8 Å². The lowest BCUT2D eigenvalue weighted by Crippen LogP contribution is -2.15. The van der Waals surface area contributed by atoms with Gasteiger partial charge in [-0.2, -0.15) is 0 Å². The van der Waals surface area contributed by atoms with Gasteiger partial charge in [-0.05, 0) is 55.6 Å². The highest BCUT2D eigenvalue weighted by Crippen LogP contribution is 2.39. The monoisotopic (exact) mass is 730 g/mol. The van der Waals surface area contributed by atoms with E-state index in [9.17, 15) is 0 Å². The van der Waals surface area contributed by atoms with Crippen molar-refractivity contribution in [3.05, 3.63) is 147 Å². The van der Waals surface area contributed by atoms with E-state index >= 15 is 0 Å². The maximum atomic E-state index is 6.64. The van der Waals surface area contributed by atoms with E-state index in [0.29, 0.717) is 85.0 Å². The fourth-order valence-corrected chi connectivity index (χ4v) is 7.71. The zero-order valence-corrected chi connectivity index (χ0v) is 31.6. The molecule has 5 aromatic carbocycles. The summed E-state index contributed by atoms with van der Waals surface area (Å²) in [5, 5.41) is 0. The van der Waals surface area contributed by atoms with Crippen molar-refractivity contribution in [2.45, 2.75) is 32.1 Å². The van der Waals surface area contributed by atoms with Gasteiger partial charge in [0.25, 0.3) is 0 Å². The third-order valence-electron chi connectivity index (χ3n) is 10.1. The predicted octanol–water partition coefficient (Wildman–Crippen LogP) is 7.80. The van der Waals surface area contributed by atoms with Crippen LogP contribution in [-0.4, -0.2) is 74.2 Å². The Kier molecular flexibility index (Phi) is 12.7. The van der Waals surface area contributed by atoms with E-state index in [1.807, 2.05) is 0 Å². The van der Waals surface area contributed by atoms with Gasteiger partial charge in [0.2, 0.25) is 0 Å². The molecule has 0 atom stereocenters. The first-order valence-corrected chi connectivity index (χ1v) is 18.8. The molecule has 0 spiro atoms. The number of rotatable bonds is 3. The Morgan fingerprint density at radius 2 is 0.537 bits per heavy atom. The Balaban J connectivity index is 1.42. The van der Waals surface area contributed by atoms with Crippen LogP contribution in [0.4, 0.5) is 0 Å². The molecule has 2 aliphatic rings. The average molecular weight is 731 g/mol. The minimum Gasteiger partial charge on any atom is -0.496 e. The van der Waals surface area contributed by atoms with Crippen molar-refractivity contribution in [1.29, 1.82) is 0 Å². The largest absolute Gasteiger partial charge is 0.496 e. The third-order valence-corrected chi connectivity index (χ3v) is 10.1. The summed E-state index contributed by atoms with van der Waals surface area (Å²) in [6, 6.07) is 32.0. The van der Waals surface area contributed by atoms with Crippen LogP contribution in [0, 0.1) is 0 Å². The number of methoxy groups -OCH3 is 3. The number of fused-ring (bicyclic) bond motifs is 4. The molecular weight excluding hydrogens is 680 g/mol. The number of para-hydroxylation sites is 5. The van der Waals surface area contributed by atoms with Crippen molar-refractivity contribution in [3.63, 3.8) is 0 Å². The quantitative estimate of drug-likeness (QED) is 0.183. The minimum atomic E-state index is 0.400. The van der Waals surface area contributed by atoms with Crippen molar-refractivity contribution >= 4 is 0 Å². The Hall–Kier alpha value is -5.02. The first-order chi connectivity index (χ1) is 26.7. The summed E-state index contributed by atoms with van der Waals surface area (Å²) in [4.78, 5) is 0. The van der Waals surface area contributed by atoms with E-state index in [4.69, 9.17) is 37.9 Å². The fraction of sp³-hybridized carbons (Fsp3) is 0.348. The van der Waals surface area contributed by atoms with Crippen molar-refractivity contribution in [3.8, 4) is 28.7 Å². The first kappa shape index (κ1) is 37.3. The fourth-order valence-electron chi connectivity index (χ4n) is 7.71. The molecular formula is C46H50O8. The molecule has 0 aromatic heterocycles. The van der Waals surface area contributed by atoms with Gasteiger partial charge in [0.1, 0.15) is 42.0 Å². The molecule has 0 saturated carbocycles. The number of benzene rings is 5. The summed E-state index contributed by atoms with van der Waals surface area (Å²) < 4.78 is 49.4. The van der Waals surface area contributed by atoms with Crippen LogP contribution < -0.4 is 23.7 Å². The predicted molar refractivity (Wildman–Crippen MR) is 209 cm³/mol. The molecule has 1 aliphatic heterocycles. The molecule has 0 radical (unpaired) electrons. The molecule has 8 heteroatoms. The molecule has 8 nitrogen and oxygen atoms in total. The molecule has 7 rings (SSSR count). The molecule has 5 aromatic rings. The standard InChI is InChI=1S/C46H50O8/c1-47-42-32-9-4-11-34(42)28-38-15-7-17-40-30-36-13-6-14-37(44(36)49-3)31-41-18-8-16-39(29-35-12-5-10-33(27-32)43(35)48-2)46(41)54-26-24-52-22-20-50-19-21-51-23-25-53-45(38)40/h4-18H,19-31H2,1-3H3. The Labute approximate surface area is 318 Å². The van der Waals surface area contributed by atoms with Gasteiger partial charge in [-0.1, -0.05) is 91.0 Å². The highest BCUT2D eigenvalue weighted by molar-refractivity contribution is 5.56. The van der Waals surface area contributed by atoms with Crippen LogP contribution in [0.2, 0.25) is 0 Å². The maximum absolute atomic E-state index is 6.64. The molecule has 0 N–H and O–H groups in total. The lowest BCUT2D eigenvalue weighted by atomic mass is 9.91. The van der Waals surface area contributed by atoms with Crippen LogP contribution in [0.25, 0.3) is 0 Å². The summed E-state index contributed by atoms with van der Waals surface area (Å²) in [5.74, 6) is 4.28. The number of hydrogen-bond donors (Lipinski definition) is 0. The van der Waals surface area contributed by atoms with Gasteiger partial charge in [-0.3, -0.25) is 0 Å². The summed E-state index contributed by atoms with van der Waals surface area (Å²) in [5.41, 5.74) is 10.8. The van der Waals surface area contributed by atoms with Crippen molar-refractivity contribution in [2.75, 3.05) is 74.2 Å². The second-order valence-corrected chi connectivity index (χ2v) is 13.6. The average Bonchev–Trinajstić information content (AvgIpc) is 3.18. The van der Waals surface area contributed by atoms with Gasteiger partial charge < -0.3 is 37.9 Å². The minimum absolute atomic E-state index is 0.400. The van der Waals surface area contributed by atoms with Crippen molar-refractivity contribution < 1.29 is 37.9 Å². The summed E-state index contributed by atoms with van der Waals surface area (Å²) in [6.45, 7) is 3.58. The summed E-state index contributed by atoms with van der Waals surface area (Å²) in [7, 11) is 5.26. The SMILES string of the molecule is COc1c2cccc1Cc1cccc3c1OCCOCCOCCOCCOc1c(cccc1Cc1cccc(c1OC)C3)Cc1cccc(c1OC)C2. The van der Waals surface area contributed by atoms with E-state index in [-0.39, 0.29) is 0 Å². The van der Waals surface area contributed by atoms with E-state index in [1.165, 1.54) is 0 Å². The van der Waals surface area contributed by atoms with Gasteiger partial charge in [0.15, 0.2) is 0 Å². The Morgan fingerprint density at radius 1 is 0.315 bits per heavy atom. The third kappa shape index (κ3) is 8.68. The molecule has 0 amide bonds. The van der Waals surface area contributed by atoms with Crippen LogP contribution in [0.15, 0.2) is 91.0 Å². The van der Waals surface area contributed by atoms with E-state index in [2.05, 4.69) is 91.0 Å². The molecule has 1 heterocycles. The van der Waals surface area contributed by atoms with E-state index in [1.54, 1.807) is 21.3 Å². The molecule has 282 valence electrons. The molecule has 12 bridgehead atoms. The van der Waals surface area contributed by atoms with Gasteiger partial charge in [0.05, 0.1) is 61.0 Å². The van der Waals surface area contributed by atoms with Gasteiger partial charge >= 0.3 is 0 Å². The summed E-state index contributed by atoms with van der Waals surface area (Å²) in [6.07, 6.45) is 3.15. The molecule has 0 saturated heterocycles. The first-order valence-electron chi connectivity index (χ1n) is 18.8. The second-order valence-electron chi connectivity index (χ2n) is 13.6. The molecule has 54 heavy (non-hydrogen) atoms. The van der Waals surface area contributed by atoms with Crippen molar-refractivity contribution in [2.24, 2.45) is 0 Å². The van der Waals surface area contributed by atoms with Crippen LogP contribution in [0.5, 0.6) is 28.7 Å². The second kappa shape index (κ2) is 18.3. The molecule has 0 unspecified atom stereocenters. The molecule has 0 fully saturated rings. The summed E-state index contributed by atoms with van der Waals surface area (Å²) >= 11 is 0. The van der Waals surface area contributed by atoms with Crippen LogP contribution in [-0.2, 0) is 46.3 Å². The zero-order valence-electron chi connectivity index (χ0n) is 31.6. The van der Waals surface area contributed by atoms with Crippen LogP contribution in [0.3, 0.4) is 0 Å². The van der Waals surface area contributed by atoms with Gasteiger partial charge in [-0.25, -0.2) is 0 Å². The van der Waals surface area contributed by atoms with Gasteiger partial charge in [-0.15, -0.1) is 0 Å². The van der Waals surface area contributed by atoms with E-state index < -0.39 is 0 Å². The maximum Gasteiger partial charge on any atom is 0.126 e. The van der Waals surface area contributed by atoms with Crippen molar-refractivity contribution in [1.82, 2.24) is 0 Å². The lowest BCUT2D eigenvalue weighted by Gasteiger charge is -2.22. The zero-order chi connectivity index (χ0) is 37.1. The van der Waals surface area contributed by atoms with Gasteiger partial charge in [0, 0.05) is 32.1 Å². The van der Waals surface area contributed by atoms with E-state index in [0.717, 1.165) is 84.4 Å². The van der Waals surface area contributed by atoms with Crippen LogP contribution >= 0.6 is 0 Å². The lowest BCUT2D eigenvalue weighted by molar-refractivity contribution is 0.00485. The Morgan fingerprint density at radius 3 is 0.796 bits per heavy atom. The molecule has 1 aliphatic carbocycles. The van der Waals surface area contributed by atoms with Crippen LogP contribution in [0.1, 0.15) is 55.6 Å². The normalized spacial score (nSPS) is 15.5. The smallest absolute Gasteiger partial charge is 0.126 e. The highest BCUT2D eigenvalue weighted by Gasteiger charge is 2.21. The Bertz CT molecular complexity index is 1880. The number of ether oxygens (including phenoxy) is 8. The number of hydrogen-bond acceptors (Lipinski definition) is 8. The highest BCUT2D eigenvalue weighted by atomic mass is 16.6.